The minimum absolute atomic E-state index is 0.446. The van der Waals surface area contributed by atoms with Crippen LogP contribution in [0.4, 0.5) is 0 Å². The molecule has 0 spiro atoms. The second-order valence-electron chi connectivity index (χ2n) is 6.07. The highest BCUT2D eigenvalue weighted by atomic mass is 16.5. The van der Waals surface area contributed by atoms with Crippen molar-refractivity contribution >= 4 is 0 Å². The third-order valence-corrected chi connectivity index (χ3v) is 3.29. The average molecular weight is 279 g/mol. The standard InChI is InChI=1S/C17H29NO2/c1-13(2)9-15-5-7-16(8-6-15)17(19)11-18-10-14(3)12-20-4/h5-8,13-14,17-19H,9-12H2,1-4H3. The summed E-state index contributed by atoms with van der Waals surface area (Å²) in [6.45, 7) is 8.74. The molecule has 3 nitrogen and oxygen atoms in total. The lowest BCUT2D eigenvalue weighted by molar-refractivity contribution is 0.147. The number of benzene rings is 1. The van der Waals surface area contributed by atoms with Gasteiger partial charge in [-0.3, -0.25) is 0 Å². The van der Waals surface area contributed by atoms with Gasteiger partial charge in [0.25, 0.3) is 0 Å². The SMILES string of the molecule is COCC(C)CNCC(O)c1ccc(CC(C)C)cc1. The van der Waals surface area contributed by atoms with E-state index in [-0.39, 0.29) is 0 Å². The molecule has 2 N–H and O–H groups in total. The fourth-order valence-corrected chi connectivity index (χ4v) is 2.28. The summed E-state index contributed by atoms with van der Waals surface area (Å²) in [6, 6.07) is 8.30. The van der Waals surface area contributed by atoms with Crippen molar-refractivity contribution < 1.29 is 9.84 Å². The summed E-state index contributed by atoms with van der Waals surface area (Å²) in [7, 11) is 1.71. The Kier molecular flexibility index (Phi) is 7.82. The van der Waals surface area contributed by atoms with Crippen molar-refractivity contribution in [3.63, 3.8) is 0 Å². The Hall–Kier alpha value is -0.900. The van der Waals surface area contributed by atoms with E-state index in [1.54, 1.807) is 7.11 Å². The maximum atomic E-state index is 10.1. The quantitative estimate of drug-likeness (QED) is 0.730. The van der Waals surface area contributed by atoms with Gasteiger partial charge in [0.1, 0.15) is 0 Å². The summed E-state index contributed by atoms with van der Waals surface area (Å²) in [5.74, 6) is 1.12. The lowest BCUT2D eigenvalue weighted by Gasteiger charge is -2.15. The summed E-state index contributed by atoms with van der Waals surface area (Å²) in [4.78, 5) is 0. The first-order valence-electron chi connectivity index (χ1n) is 7.49. The van der Waals surface area contributed by atoms with E-state index in [1.807, 2.05) is 12.1 Å². The molecule has 3 heteroatoms. The van der Waals surface area contributed by atoms with Crippen LogP contribution < -0.4 is 5.32 Å². The molecule has 0 amide bonds. The molecule has 1 aromatic carbocycles. The topological polar surface area (TPSA) is 41.5 Å². The summed E-state index contributed by atoms with van der Waals surface area (Å²) < 4.78 is 5.09. The number of rotatable bonds is 9. The monoisotopic (exact) mass is 279 g/mol. The van der Waals surface area contributed by atoms with Gasteiger partial charge in [-0.15, -0.1) is 0 Å². The second-order valence-corrected chi connectivity index (χ2v) is 6.07. The second kappa shape index (κ2) is 9.11. The molecule has 0 fully saturated rings. The third kappa shape index (κ3) is 6.51. The van der Waals surface area contributed by atoms with E-state index in [2.05, 4.69) is 38.2 Å². The minimum atomic E-state index is -0.446. The molecule has 20 heavy (non-hydrogen) atoms. The molecule has 0 aliphatic rings. The van der Waals surface area contributed by atoms with E-state index >= 15 is 0 Å². The number of methoxy groups -OCH3 is 1. The van der Waals surface area contributed by atoms with Crippen LogP contribution in [-0.2, 0) is 11.2 Å². The van der Waals surface area contributed by atoms with Crippen LogP contribution in [0.1, 0.15) is 38.0 Å². The highest BCUT2D eigenvalue weighted by Gasteiger charge is 2.08. The molecule has 0 bridgehead atoms. The Balaban J connectivity index is 2.37. The molecule has 2 atom stereocenters. The molecule has 1 aromatic rings. The van der Waals surface area contributed by atoms with Gasteiger partial charge in [0.2, 0.25) is 0 Å². The molecule has 2 unspecified atom stereocenters. The van der Waals surface area contributed by atoms with Crippen LogP contribution in [0, 0.1) is 11.8 Å². The van der Waals surface area contributed by atoms with Crippen LogP contribution in [0.3, 0.4) is 0 Å². The molecular formula is C17H29NO2. The average Bonchev–Trinajstić information content (AvgIpc) is 2.39. The Bertz CT molecular complexity index is 362. The van der Waals surface area contributed by atoms with Crippen molar-refractivity contribution in [3.8, 4) is 0 Å². The van der Waals surface area contributed by atoms with Gasteiger partial charge < -0.3 is 15.2 Å². The first-order chi connectivity index (χ1) is 9.52. The van der Waals surface area contributed by atoms with Gasteiger partial charge in [0.05, 0.1) is 6.10 Å². The van der Waals surface area contributed by atoms with Crippen molar-refractivity contribution in [2.24, 2.45) is 11.8 Å². The van der Waals surface area contributed by atoms with Crippen LogP contribution >= 0.6 is 0 Å². The number of hydrogen-bond acceptors (Lipinski definition) is 3. The van der Waals surface area contributed by atoms with Gasteiger partial charge in [0.15, 0.2) is 0 Å². The van der Waals surface area contributed by atoms with E-state index in [9.17, 15) is 5.11 Å². The van der Waals surface area contributed by atoms with Crippen LogP contribution in [0.25, 0.3) is 0 Å². The van der Waals surface area contributed by atoms with Gasteiger partial charge in [-0.1, -0.05) is 45.0 Å². The van der Waals surface area contributed by atoms with Crippen molar-refractivity contribution in [3.05, 3.63) is 35.4 Å². The van der Waals surface area contributed by atoms with E-state index in [4.69, 9.17) is 4.74 Å². The lowest BCUT2D eigenvalue weighted by atomic mass is 10.0. The van der Waals surface area contributed by atoms with Crippen LogP contribution in [0.15, 0.2) is 24.3 Å². The highest BCUT2D eigenvalue weighted by Crippen LogP contribution is 2.15. The third-order valence-electron chi connectivity index (χ3n) is 3.29. The number of aliphatic hydroxyl groups is 1. The molecule has 0 aromatic heterocycles. The molecule has 114 valence electrons. The number of ether oxygens (including phenoxy) is 1. The summed E-state index contributed by atoms with van der Waals surface area (Å²) in [5, 5.41) is 13.4. The molecule has 0 aliphatic carbocycles. The van der Waals surface area contributed by atoms with Crippen LogP contribution in [0.5, 0.6) is 0 Å². The Morgan fingerprint density at radius 2 is 1.75 bits per heavy atom. The number of hydrogen-bond donors (Lipinski definition) is 2. The molecule has 0 heterocycles. The number of aliphatic hydroxyl groups excluding tert-OH is 1. The zero-order valence-electron chi connectivity index (χ0n) is 13.2. The first-order valence-corrected chi connectivity index (χ1v) is 7.49. The summed E-state index contributed by atoms with van der Waals surface area (Å²) >= 11 is 0. The fourth-order valence-electron chi connectivity index (χ4n) is 2.28. The van der Waals surface area contributed by atoms with Gasteiger partial charge in [-0.25, -0.2) is 0 Å². The first kappa shape index (κ1) is 17.2. The van der Waals surface area contributed by atoms with E-state index in [0.29, 0.717) is 18.4 Å². The van der Waals surface area contributed by atoms with Gasteiger partial charge >= 0.3 is 0 Å². The lowest BCUT2D eigenvalue weighted by Crippen LogP contribution is -2.28. The molecule has 0 saturated heterocycles. The summed E-state index contributed by atoms with van der Waals surface area (Å²) in [5.41, 5.74) is 2.31. The van der Waals surface area contributed by atoms with Gasteiger partial charge in [0, 0.05) is 26.8 Å². The van der Waals surface area contributed by atoms with Crippen molar-refractivity contribution in [2.75, 3.05) is 26.8 Å². The Labute approximate surface area is 123 Å². The molecule has 0 aliphatic heterocycles. The molecule has 0 saturated carbocycles. The normalized spacial score (nSPS) is 14.5. The van der Waals surface area contributed by atoms with E-state index < -0.39 is 6.10 Å². The summed E-state index contributed by atoms with van der Waals surface area (Å²) in [6.07, 6.45) is 0.640. The fraction of sp³-hybridized carbons (Fsp3) is 0.647. The van der Waals surface area contributed by atoms with E-state index in [0.717, 1.165) is 25.1 Å². The Morgan fingerprint density at radius 3 is 2.30 bits per heavy atom. The van der Waals surface area contributed by atoms with E-state index in [1.165, 1.54) is 5.56 Å². The van der Waals surface area contributed by atoms with Crippen molar-refractivity contribution in [2.45, 2.75) is 33.3 Å². The minimum Gasteiger partial charge on any atom is -0.387 e. The maximum Gasteiger partial charge on any atom is 0.0914 e. The largest absolute Gasteiger partial charge is 0.387 e. The molecule has 1 rings (SSSR count). The molecule has 0 radical (unpaired) electrons. The van der Waals surface area contributed by atoms with Crippen LogP contribution in [0.2, 0.25) is 0 Å². The predicted molar refractivity (Wildman–Crippen MR) is 83.9 cm³/mol. The predicted octanol–water partition coefficient (Wildman–Crippen LogP) is 2.79. The zero-order valence-corrected chi connectivity index (χ0v) is 13.2. The van der Waals surface area contributed by atoms with Gasteiger partial charge in [-0.05, 0) is 29.4 Å². The zero-order chi connectivity index (χ0) is 15.0. The smallest absolute Gasteiger partial charge is 0.0914 e. The number of nitrogens with one attached hydrogen (secondary N) is 1. The van der Waals surface area contributed by atoms with Crippen molar-refractivity contribution in [1.29, 1.82) is 0 Å². The van der Waals surface area contributed by atoms with Crippen LogP contribution in [-0.4, -0.2) is 31.9 Å². The highest BCUT2D eigenvalue weighted by molar-refractivity contribution is 5.24. The van der Waals surface area contributed by atoms with Crippen molar-refractivity contribution in [1.82, 2.24) is 5.32 Å². The molecular weight excluding hydrogens is 250 g/mol. The Morgan fingerprint density at radius 1 is 1.10 bits per heavy atom. The van der Waals surface area contributed by atoms with Gasteiger partial charge in [-0.2, -0.15) is 0 Å². The maximum absolute atomic E-state index is 10.1.